The molecule has 0 aromatic carbocycles. The summed E-state index contributed by atoms with van der Waals surface area (Å²) in [5, 5.41) is 13.5. The molecule has 0 heterocycles. The Labute approximate surface area is 101 Å². The van der Waals surface area contributed by atoms with Gasteiger partial charge in [0.2, 0.25) is 0 Å². The minimum atomic E-state index is -0.493. The fraction of sp³-hybridized carbons (Fsp3) is 1.00. The molecule has 1 saturated carbocycles. The summed E-state index contributed by atoms with van der Waals surface area (Å²) in [6.07, 6.45) is 11.4. The molecule has 0 bridgehead atoms. The van der Waals surface area contributed by atoms with Crippen molar-refractivity contribution in [2.24, 2.45) is 0 Å². The van der Waals surface area contributed by atoms with Crippen molar-refractivity contribution in [1.29, 1.82) is 0 Å². The van der Waals surface area contributed by atoms with Crippen molar-refractivity contribution in [2.75, 3.05) is 6.54 Å². The molecule has 1 rings (SSSR count). The highest BCUT2D eigenvalue weighted by Crippen LogP contribution is 2.21. The van der Waals surface area contributed by atoms with E-state index in [4.69, 9.17) is 0 Å². The minimum absolute atomic E-state index is 0.493. The molecule has 0 radical (unpaired) electrons. The zero-order valence-electron chi connectivity index (χ0n) is 11.1. The Bertz CT molecular complexity index is 176. The molecule has 1 unspecified atom stereocenters. The number of hydrogen-bond acceptors (Lipinski definition) is 2. The van der Waals surface area contributed by atoms with Gasteiger partial charge < -0.3 is 10.4 Å². The molecule has 2 heteroatoms. The summed E-state index contributed by atoms with van der Waals surface area (Å²) < 4.78 is 0. The lowest BCUT2D eigenvalue weighted by molar-refractivity contribution is 0.0477. The summed E-state index contributed by atoms with van der Waals surface area (Å²) in [5.41, 5.74) is -0.493. The van der Waals surface area contributed by atoms with E-state index in [-0.39, 0.29) is 0 Å². The van der Waals surface area contributed by atoms with Crippen LogP contribution in [0, 0.1) is 0 Å². The van der Waals surface area contributed by atoms with Crippen molar-refractivity contribution < 1.29 is 5.11 Å². The fourth-order valence-electron chi connectivity index (χ4n) is 2.03. The van der Waals surface area contributed by atoms with Gasteiger partial charge in [0.15, 0.2) is 0 Å². The van der Waals surface area contributed by atoms with E-state index in [1.807, 2.05) is 6.92 Å². The number of hydrogen-bond donors (Lipinski definition) is 2. The van der Waals surface area contributed by atoms with E-state index in [0.29, 0.717) is 6.04 Å². The van der Waals surface area contributed by atoms with Crippen LogP contribution in [0.5, 0.6) is 0 Å². The molecule has 0 saturated heterocycles. The van der Waals surface area contributed by atoms with Crippen LogP contribution in [-0.2, 0) is 0 Å². The standard InChI is InChI=1S/C14H29NO/c1-3-4-5-6-7-8-11-14(2,16)12-15-13-9-10-13/h13,15-16H,3-12H2,1-2H3. The highest BCUT2D eigenvalue weighted by atomic mass is 16.3. The number of rotatable bonds is 10. The van der Waals surface area contributed by atoms with E-state index in [9.17, 15) is 5.11 Å². The minimum Gasteiger partial charge on any atom is -0.389 e. The van der Waals surface area contributed by atoms with Crippen molar-refractivity contribution in [3.63, 3.8) is 0 Å². The lowest BCUT2D eigenvalue weighted by Crippen LogP contribution is -2.38. The van der Waals surface area contributed by atoms with Gasteiger partial charge in [-0.2, -0.15) is 0 Å². The summed E-state index contributed by atoms with van der Waals surface area (Å²) in [4.78, 5) is 0. The molecule has 1 aliphatic carbocycles. The quantitative estimate of drug-likeness (QED) is 0.562. The molecule has 2 N–H and O–H groups in total. The summed E-state index contributed by atoms with van der Waals surface area (Å²) in [7, 11) is 0. The predicted octanol–water partition coefficient (Wildman–Crippen LogP) is 3.24. The Morgan fingerprint density at radius 2 is 1.75 bits per heavy atom. The van der Waals surface area contributed by atoms with Gasteiger partial charge in [0.25, 0.3) is 0 Å². The largest absolute Gasteiger partial charge is 0.389 e. The van der Waals surface area contributed by atoms with Crippen molar-refractivity contribution >= 4 is 0 Å². The third-order valence-corrected chi connectivity index (χ3v) is 3.42. The Kier molecular flexibility index (Phi) is 6.37. The SMILES string of the molecule is CCCCCCCCC(C)(O)CNC1CC1. The van der Waals surface area contributed by atoms with E-state index in [1.54, 1.807) is 0 Å². The molecular weight excluding hydrogens is 198 g/mol. The van der Waals surface area contributed by atoms with Crippen LogP contribution < -0.4 is 5.32 Å². The van der Waals surface area contributed by atoms with Gasteiger partial charge in [0.1, 0.15) is 0 Å². The van der Waals surface area contributed by atoms with Crippen molar-refractivity contribution in [3.8, 4) is 0 Å². The highest BCUT2D eigenvalue weighted by Gasteiger charge is 2.25. The van der Waals surface area contributed by atoms with Crippen LogP contribution in [-0.4, -0.2) is 23.3 Å². The van der Waals surface area contributed by atoms with Crippen LogP contribution in [0.1, 0.15) is 71.6 Å². The lowest BCUT2D eigenvalue weighted by atomic mass is 9.97. The van der Waals surface area contributed by atoms with E-state index >= 15 is 0 Å². The number of unbranched alkanes of at least 4 members (excludes halogenated alkanes) is 5. The third kappa shape index (κ3) is 7.24. The second-order valence-corrected chi connectivity index (χ2v) is 5.67. The highest BCUT2D eigenvalue weighted by molar-refractivity contribution is 4.85. The van der Waals surface area contributed by atoms with Gasteiger partial charge >= 0.3 is 0 Å². The lowest BCUT2D eigenvalue weighted by Gasteiger charge is -2.23. The van der Waals surface area contributed by atoms with E-state index < -0.39 is 5.60 Å². The zero-order valence-corrected chi connectivity index (χ0v) is 11.1. The van der Waals surface area contributed by atoms with Gasteiger partial charge in [-0.1, -0.05) is 45.4 Å². The van der Waals surface area contributed by atoms with E-state index in [2.05, 4.69) is 12.2 Å². The Morgan fingerprint density at radius 1 is 1.12 bits per heavy atom. The topological polar surface area (TPSA) is 32.3 Å². The molecule has 0 spiro atoms. The molecule has 1 atom stereocenters. The summed E-state index contributed by atoms with van der Waals surface area (Å²) in [5.74, 6) is 0. The van der Waals surface area contributed by atoms with Crippen LogP contribution in [0.3, 0.4) is 0 Å². The first-order valence-electron chi connectivity index (χ1n) is 7.10. The second-order valence-electron chi connectivity index (χ2n) is 5.67. The summed E-state index contributed by atoms with van der Waals surface area (Å²) in [6.45, 7) is 4.98. The van der Waals surface area contributed by atoms with Gasteiger partial charge in [-0.15, -0.1) is 0 Å². The second kappa shape index (κ2) is 7.29. The molecule has 0 amide bonds. The smallest absolute Gasteiger partial charge is 0.0743 e. The molecule has 16 heavy (non-hydrogen) atoms. The van der Waals surface area contributed by atoms with Crippen LogP contribution in [0.15, 0.2) is 0 Å². The van der Waals surface area contributed by atoms with Crippen molar-refractivity contribution in [2.45, 2.75) is 83.3 Å². The average molecular weight is 227 g/mol. The van der Waals surface area contributed by atoms with Gasteiger partial charge in [0, 0.05) is 12.6 Å². The van der Waals surface area contributed by atoms with Gasteiger partial charge in [-0.05, 0) is 26.2 Å². The maximum atomic E-state index is 10.1. The van der Waals surface area contributed by atoms with Gasteiger partial charge in [-0.3, -0.25) is 0 Å². The Hall–Kier alpha value is -0.0800. The number of aliphatic hydroxyl groups is 1. The van der Waals surface area contributed by atoms with Crippen LogP contribution in [0.4, 0.5) is 0 Å². The normalized spacial score (nSPS) is 19.7. The average Bonchev–Trinajstić information content (AvgIpc) is 3.04. The number of nitrogens with one attached hydrogen (secondary N) is 1. The van der Waals surface area contributed by atoms with Gasteiger partial charge in [0.05, 0.1) is 5.60 Å². The molecule has 0 aliphatic heterocycles. The predicted molar refractivity (Wildman–Crippen MR) is 69.6 cm³/mol. The van der Waals surface area contributed by atoms with Crippen molar-refractivity contribution in [1.82, 2.24) is 5.32 Å². The molecular formula is C14H29NO. The zero-order chi connectivity index (χ0) is 11.9. The Balaban J connectivity index is 1.92. The third-order valence-electron chi connectivity index (χ3n) is 3.42. The van der Waals surface area contributed by atoms with E-state index in [1.165, 1.54) is 51.4 Å². The molecule has 1 fully saturated rings. The van der Waals surface area contributed by atoms with Crippen LogP contribution in [0.25, 0.3) is 0 Å². The maximum Gasteiger partial charge on any atom is 0.0743 e. The first kappa shape index (κ1) is 14.0. The molecule has 1 aliphatic rings. The first-order valence-corrected chi connectivity index (χ1v) is 7.10. The maximum absolute atomic E-state index is 10.1. The summed E-state index contributed by atoms with van der Waals surface area (Å²) >= 11 is 0. The molecule has 96 valence electrons. The molecule has 2 nitrogen and oxygen atoms in total. The monoisotopic (exact) mass is 227 g/mol. The van der Waals surface area contributed by atoms with Gasteiger partial charge in [-0.25, -0.2) is 0 Å². The first-order chi connectivity index (χ1) is 7.64. The van der Waals surface area contributed by atoms with Crippen LogP contribution in [0.2, 0.25) is 0 Å². The van der Waals surface area contributed by atoms with E-state index in [0.717, 1.165) is 13.0 Å². The van der Waals surface area contributed by atoms with Crippen molar-refractivity contribution in [3.05, 3.63) is 0 Å². The fourth-order valence-corrected chi connectivity index (χ4v) is 2.03. The summed E-state index contributed by atoms with van der Waals surface area (Å²) in [6, 6.07) is 0.705. The van der Waals surface area contributed by atoms with Crippen LogP contribution >= 0.6 is 0 Å². The molecule has 0 aromatic heterocycles. The Morgan fingerprint density at radius 3 is 2.38 bits per heavy atom. The molecule has 0 aromatic rings.